The number of ether oxygens (including phenoxy) is 1. The van der Waals surface area contributed by atoms with Crippen LogP contribution in [-0.4, -0.2) is 35.7 Å². The molecule has 0 spiro atoms. The number of amides is 1. The average molecular weight is 202 g/mol. The molecule has 0 aliphatic carbocycles. The van der Waals surface area contributed by atoms with Crippen molar-refractivity contribution in [2.24, 2.45) is 5.73 Å². The molecule has 2 N–H and O–H groups in total. The second-order valence-electron chi connectivity index (χ2n) is 3.02. The number of rotatable bonds is 5. The van der Waals surface area contributed by atoms with Crippen LogP contribution in [0.3, 0.4) is 0 Å². The topological polar surface area (TPSA) is 55.6 Å². The number of hydrogen-bond donors (Lipinski definition) is 1. The lowest BCUT2D eigenvalue weighted by Gasteiger charge is -2.11. The van der Waals surface area contributed by atoms with Crippen LogP contribution in [0, 0.1) is 0 Å². The molecule has 0 radical (unpaired) electrons. The summed E-state index contributed by atoms with van der Waals surface area (Å²) in [7, 11) is 0. The lowest BCUT2D eigenvalue weighted by molar-refractivity contribution is 0.158. The maximum atomic E-state index is 11.0. The first-order chi connectivity index (χ1) is 6.20. The summed E-state index contributed by atoms with van der Waals surface area (Å²) in [4.78, 5) is 13.2. The largest absolute Gasteiger partial charge is 0.448 e. The van der Waals surface area contributed by atoms with E-state index in [0.717, 1.165) is 25.8 Å². The number of nitrogens with two attached hydrogens (primary N) is 1. The van der Waals surface area contributed by atoms with Gasteiger partial charge in [-0.15, -0.1) is 0 Å². The van der Waals surface area contributed by atoms with E-state index in [1.54, 1.807) is 4.90 Å². The molecule has 1 amide bonds. The lowest BCUT2D eigenvalue weighted by Crippen LogP contribution is -2.25. The molecular formula is C8H14N2O2S. The Hall–Kier alpha value is -0.840. The predicted octanol–water partition coefficient (Wildman–Crippen LogP) is 0.895. The molecule has 1 heterocycles. The molecule has 1 aliphatic rings. The second-order valence-corrected chi connectivity index (χ2v) is 3.55. The third-order valence-electron chi connectivity index (χ3n) is 1.95. The van der Waals surface area contributed by atoms with Crippen LogP contribution >= 0.6 is 12.2 Å². The normalized spacial score (nSPS) is 16.0. The lowest BCUT2D eigenvalue weighted by atomic mass is 10.2. The van der Waals surface area contributed by atoms with Crippen molar-refractivity contribution < 1.29 is 9.53 Å². The van der Waals surface area contributed by atoms with Crippen LogP contribution in [-0.2, 0) is 4.74 Å². The van der Waals surface area contributed by atoms with Gasteiger partial charge in [-0.2, -0.15) is 0 Å². The van der Waals surface area contributed by atoms with Gasteiger partial charge in [-0.3, -0.25) is 0 Å². The maximum Gasteiger partial charge on any atom is 0.409 e. The summed E-state index contributed by atoms with van der Waals surface area (Å²) in [6.45, 7) is 1.99. The SMILES string of the molecule is NC(=S)CCCCN1CCOC1=O. The van der Waals surface area contributed by atoms with E-state index in [2.05, 4.69) is 0 Å². The summed E-state index contributed by atoms with van der Waals surface area (Å²) in [5.74, 6) is 0. The van der Waals surface area contributed by atoms with Gasteiger partial charge in [0, 0.05) is 6.54 Å². The van der Waals surface area contributed by atoms with E-state index in [4.69, 9.17) is 22.7 Å². The standard InChI is InChI=1S/C8H14N2O2S/c9-7(13)3-1-2-4-10-5-6-12-8(10)11/h1-6H2,(H2,9,13). The van der Waals surface area contributed by atoms with Crippen molar-refractivity contribution in [3.8, 4) is 0 Å². The van der Waals surface area contributed by atoms with Crippen LogP contribution in [0.2, 0.25) is 0 Å². The van der Waals surface area contributed by atoms with E-state index >= 15 is 0 Å². The van der Waals surface area contributed by atoms with E-state index in [1.165, 1.54) is 0 Å². The van der Waals surface area contributed by atoms with Gasteiger partial charge in [0.05, 0.1) is 11.5 Å². The first-order valence-electron chi connectivity index (χ1n) is 4.40. The molecule has 74 valence electrons. The van der Waals surface area contributed by atoms with E-state index in [1.807, 2.05) is 0 Å². The Kier molecular flexibility index (Phi) is 3.95. The minimum absolute atomic E-state index is 0.199. The van der Waals surface area contributed by atoms with Gasteiger partial charge in [0.15, 0.2) is 0 Å². The van der Waals surface area contributed by atoms with Crippen LogP contribution in [0.4, 0.5) is 4.79 Å². The average Bonchev–Trinajstić information content (AvgIpc) is 2.45. The zero-order chi connectivity index (χ0) is 9.68. The maximum absolute atomic E-state index is 11.0. The second kappa shape index (κ2) is 5.01. The summed E-state index contributed by atoms with van der Waals surface area (Å²) >= 11 is 4.74. The molecule has 0 aromatic rings. The highest BCUT2D eigenvalue weighted by Gasteiger charge is 2.20. The molecule has 1 rings (SSSR count). The van der Waals surface area contributed by atoms with Gasteiger partial charge in [-0.25, -0.2) is 4.79 Å². The van der Waals surface area contributed by atoms with Gasteiger partial charge >= 0.3 is 6.09 Å². The zero-order valence-corrected chi connectivity index (χ0v) is 8.31. The number of unbranched alkanes of at least 4 members (excludes halogenated alkanes) is 1. The third-order valence-corrected chi connectivity index (χ3v) is 2.15. The highest BCUT2D eigenvalue weighted by Crippen LogP contribution is 2.05. The molecular weight excluding hydrogens is 188 g/mol. The number of nitrogens with zero attached hydrogens (tertiary/aromatic N) is 1. The quantitative estimate of drug-likeness (QED) is 0.531. The first kappa shape index (κ1) is 10.2. The Morgan fingerprint density at radius 2 is 2.38 bits per heavy atom. The summed E-state index contributed by atoms with van der Waals surface area (Å²) < 4.78 is 4.78. The number of cyclic esters (lactones) is 1. The number of thiocarbonyl (C=S) groups is 1. The van der Waals surface area contributed by atoms with Crippen molar-refractivity contribution in [3.63, 3.8) is 0 Å². The Morgan fingerprint density at radius 3 is 2.92 bits per heavy atom. The highest BCUT2D eigenvalue weighted by atomic mass is 32.1. The molecule has 5 heteroatoms. The monoisotopic (exact) mass is 202 g/mol. The molecule has 0 aromatic carbocycles. The van der Waals surface area contributed by atoms with Gasteiger partial charge in [0.25, 0.3) is 0 Å². The smallest absolute Gasteiger partial charge is 0.409 e. The van der Waals surface area contributed by atoms with E-state index in [0.29, 0.717) is 18.1 Å². The number of carbonyl (C=O) groups excluding carboxylic acids is 1. The Labute approximate surface area is 83.0 Å². The van der Waals surface area contributed by atoms with E-state index < -0.39 is 0 Å². The minimum Gasteiger partial charge on any atom is -0.448 e. The minimum atomic E-state index is -0.199. The summed E-state index contributed by atoms with van der Waals surface area (Å²) in [6, 6.07) is 0. The van der Waals surface area contributed by atoms with Crippen LogP contribution in [0.15, 0.2) is 0 Å². The molecule has 0 atom stereocenters. The van der Waals surface area contributed by atoms with E-state index in [-0.39, 0.29) is 6.09 Å². The Balaban J connectivity index is 2.05. The molecule has 4 nitrogen and oxygen atoms in total. The molecule has 1 fully saturated rings. The molecule has 0 saturated carbocycles. The first-order valence-corrected chi connectivity index (χ1v) is 4.81. The fourth-order valence-corrected chi connectivity index (χ4v) is 1.38. The zero-order valence-electron chi connectivity index (χ0n) is 7.49. The van der Waals surface area contributed by atoms with Crippen molar-refractivity contribution >= 4 is 23.3 Å². The molecule has 13 heavy (non-hydrogen) atoms. The fraction of sp³-hybridized carbons (Fsp3) is 0.750. The van der Waals surface area contributed by atoms with Crippen molar-refractivity contribution in [2.45, 2.75) is 19.3 Å². The molecule has 0 bridgehead atoms. The Morgan fingerprint density at radius 1 is 1.62 bits per heavy atom. The Bertz CT molecular complexity index is 208. The van der Waals surface area contributed by atoms with Crippen molar-refractivity contribution in [3.05, 3.63) is 0 Å². The van der Waals surface area contributed by atoms with Crippen molar-refractivity contribution in [2.75, 3.05) is 19.7 Å². The van der Waals surface area contributed by atoms with Crippen LogP contribution in [0.1, 0.15) is 19.3 Å². The molecule has 0 unspecified atom stereocenters. The summed E-state index contributed by atoms with van der Waals surface area (Å²) in [5.41, 5.74) is 5.34. The van der Waals surface area contributed by atoms with Crippen LogP contribution in [0.25, 0.3) is 0 Å². The predicted molar refractivity (Wildman–Crippen MR) is 53.6 cm³/mol. The van der Waals surface area contributed by atoms with E-state index in [9.17, 15) is 4.79 Å². The van der Waals surface area contributed by atoms with Crippen LogP contribution in [0.5, 0.6) is 0 Å². The van der Waals surface area contributed by atoms with Gasteiger partial charge in [-0.1, -0.05) is 12.2 Å². The summed E-state index contributed by atoms with van der Waals surface area (Å²) in [6.07, 6.45) is 2.44. The fourth-order valence-electron chi connectivity index (χ4n) is 1.23. The van der Waals surface area contributed by atoms with Gasteiger partial charge < -0.3 is 15.4 Å². The van der Waals surface area contributed by atoms with Crippen molar-refractivity contribution in [1.82, 2.24) is 4.90 Å². The molecule has 1 aliphatic heterocycles. The third kappa shape index (κ3) is 3.59. The molecule has 0 aromatic heterocycles. The van der Waals surface area contributed by atoms with Gasteiger partial charge in [0.1, 0.15) is 6.61 Å². The number of carbonyl (C=O) groups is 1. The summed E-state index contributed by atoms with van der Waals surface area (Å²) in [5, 5.41) is 0. The number of hydrogen-bond acceptors (Lipinski definition) is 3. The van der Waals surface area contributed by atoms with Crippen molar-refractivity contribution in [1.29, 1.82) is 0 Å². The van der Waals surface area contributed by atoms with Gasteiger partial charge in [-0.05, 0) is 19.3 Å². The highest BCUT2D eigenvalue weighted by molar-refractivity contribution is 7.80. The van der Waals surface area contributed by atoms with Crippen LogP contribution < -0.4 is 5.73 Å². The molecule has 1 saturated heterocycles. The van der Waals surface area contributed by atoms with Gasteiger partial charge in [0.2, 0.25) is 0 Å².